The highest BCUT2D eigenvalue weighted by Gasteiger charge is 2.16. The lowest BCUT2D eigenvalue weighted by molar-refractivity contribution is -0.122. The number of hydrogen-bond acceptors (Lipinski definition) is 5. The van der Waals surface area contributed by atoms with Gasteiger partial charge in [0.1, 0.15) is 11.7 Å². The van der Waals surface area contributed by atoms with E-state index in [1.54, 1.807) is 13.0 Å². The van der Waals surface area contributed by atoms with Gasteiger partial charge in [-0.3, -0.25) is 20.4 Å². The molecule has 0 aliphatic carbocycles. The minimum Gasteiger partial charge on any atom is -0.355 e. The summed E-state index contributed by atoms with van der Waals surface area (Å²) in [6, 6.07) is 2.51. The Hall–Kier alpha value is -2.15. The number of likely N-dealkylation sites (N-methyl/N-ethyl adjacent to an activating group) is 1. The van der Waals surface area contributed by atoms with Gasteiger partial charge in [0.25, 0.3) is 5.91 Å². The third-order valence-corrected chi connectivity index (χ3v) is 2.25. The maximum absolute atomic E-state index is 11.8. The highest BCUT2D eigenvalue weighted by molar-refractivity contribution is 5.96. The largest absolute Gasteiger partial charge is 0.355 e. The second-order valence-corrected chi connectivity index (χ2v) is 3.66. The van der Waals surface area contributed by atoms with Crippen molar-refractivity contribution in [3.63, 3.8) is 0 Å². The molecule has 7 nitrogen and oxygen atoms in total. The number of nitrogens with one attached hydrogen (secondary N) is 3. The molecule has 98 valence electrons. The number of nitrogen functional groups attached to an aromatic ring is 1. The van der Waals surface area contributed by atoms with Crippen LogP contribution in [0.2, 0.25) is 0 Å². The Morgan fingerprint density at radius 3 is 2.83 bits per heavy atom. The molecule has 2 amide bonds. The Balaban J connectivity index is 2.67. The van der Waals surface area contributed by atoms with Gasteiger partial charge in [-0.05, 0) is 26.0 Å². The summed E-state index contributed by atoms with van der Waals surface area (Å²) in [5.74, 6) is 4.57. The van der Waals surface area contributed by atoms with E-state index in [-0.39, 0.29) is 11.6 Å². The zero-order valence-electron chi connectivity index (χ0n) is 10.4. The fourth-order valence-corrected chi connectivity index (χ4v) is 1.31. The number of pyridine rings is 1. The van der Waals surface area contributed by atoms with Crippen LogP contribution in [0.25, 0.3) is 0 Å². The van der Waals surface area contributed by atoms with Crippen molar-refractivity contribution in [2.24, 2.45) is 5.84 Å². The van der Waals surface area contributed by atoms with Crippen molar-refractivity contribution < 1.29 is 9.59 Å². The third-order valence-electron chi connectivity index (χ3n) is 2.25. The molecule has 0 aromatic carbocycles. The first-order valence-corrected chi connectivity index (χ1v) is 5.59. The maximum Gasteiger partial charge on any atom is 0.270 e. The summed E-state index contributed by atoms with van der Waals surface area (Å²) in [6.45, 7) is 3.93. The van der Waals surface area contributed by atoms with Crippen molar-refractivity contribution in [1.82, 2.24) is 15.6 Å². The van der Waals surface area contributed by atoms with Crippen LogP contribution in [0.5, 0.6) is 0 Å². The molecule has 0 fully saturated rings. The first-order chi connectivity index (χ1) is 8.58. The maximum atomic E-state index is 11.8. The predicted octanol–water partition coefficient (Wildman–Crippen LogP) is -0.378. The average molecular weight is 251 g/mol. The molecule has 1 aromatic rings. The van der Waals surface area contributed by atoms with Crippen molar-refractivity contribution in [2.45, 2.75) is 19.9 Å². The topological polar surface area (TPSA) is 109 Å². The fraction of sp³-hybridized carbons (Fsp3) is 0.364. The van der Waals surface area contributed by atoms with Crippen molar-refractivity contribution >= 4 is 17.5 Å². The zero-order chi connectivity index (χ0) is 13.5. The van der Waals surface area contributed by atoms with Gasteiger partial charge in [0, 0.05) is 12.7 Å². The minimum atomic E-state index is -0.617. The van der Waals surface area contributed by atoms with E-state index in [4.69, 9.17) is 5.84 Å². The number of aromatic nitrogens is 1. The summed E-state index contributed by atoms with van der Waals surface area (Å²) in [4.78, 5) is 27.2. The van der Waals surface area contributed by atoms with Crippen LogP contribution in [0.15, 0.2) is 18.3 Å². The lowest BCUT2D eigenvalue weighted by Crippen LogP contribution is -2.44. The second kappa shape index (κ2) is 6.55. The van der Waals surface area contributed by atoms with Crippen molar-refractivity contribution in [2.75, 3.05) is 12.0 Å². The molecule has 7 heteroatoms. The number of carbonyl (C=O) groups excluding carboxylic acids is 2. The summed E-state index contributed by atoms with van der Waals surface area (Å²) in [7, 11) is 0. The van der Waals surface area contributed by atoms with E-state index in [0.29, 0.717) is 12.2 Å². The van der Waals surface area contributed by atoms with Crippen LogP contribution < -0.4 is 21.9 Å². The van der Waals surface area contributed by atoms with E-state index in [1.165, 1.54) is 12.3 Å². The Labute approximate surface area is 105 Å². The second-order valence-electron chi connectivity index (χ2n) is 3.66. The molecule has 0 radical (unpaired) electrons. The lowest BCUT2D eigenvalue weighted by Gasteiger charge is -2.13. The molecule has 18 heavy (non-hydrogen) atoms. The van der Waals surface area contributed by atoms with E-state index in [0.717, 1.165) is 0 Å². The molecule has 1 unspecified atom stereocenters. The number of anilines is 1. The van der Waals surface area contributed by atoms with Crippen LogP contribution in [-0.2, 0) is 4.79 Å². The third kappa shape index (κ3) is 3.70. The molecular weight excluding hydrogens is 234 g/mol. The van der Waals surface area contributed by atoms with E-state index in [1.807, 2.05) is 6.92 Å². The number of hydrogen-bond donors (Lipinski definition) is 4. The molecular formula is C11H17N5O2. The monoisotopic (exact) mass is 251 g/mol. The highest BCUT2D eigenvalue weighted by Crippen LogP contribution is 2.05. The molecule has 0 saturated heterocycles. The Morgan fingerprint density at radius 1 is 1.50 bits per heavy atom. The molecule has 1 heterocycles. The quantitative estimate of drug-likeness (QED) is 0.421. The Kier molecular flexibility index (Phi) is 5.06. The molecule has 0 aliphatic heterocycles. The van der Waals surface area contributed by atoms with Crippen LogP contribution in [0.4, 0.5) is 5.69 Å². The summed E-state index contributed by atoms with van der Waals surface area (Å²) < 4.78 is 0. The van der Waals surface area contributed by atoms with Gasteiger partial charge in [-0.15, -0.1) is 0 Å². The summed E-state index contributed by atoms with van der Waals surface area (Å²) in [6.07, 6.45) is 1.46. The van der Waals surface area contributed by atoms with E-state index < -0.39 is 11.9 Å². The molecule has 0 saturated carbocycles. The van der Waals surface area contributed by atoms with Gasteiger partial charge in [-0.1, -0.05) is 0 Å². The van der Waals surface area contributed by atoms with Crippen molar-refractivity contribution in [3.8, 4) is 0 Å². The minimum absolute atomic E-state index is 0.196. The number of amides is 2. The number of carbonyl (C=O) groups is 2. The summed E-state index contributed by atoms with van der Waals surface area (Å²) in [5.41, 5.74) is 3.19. The number of nitrogens with zero attached hydrogens (tertiary/aromatic N) is 1. The molecule has 1 aromatic heterocycles. The highest BCUT2D eigenvalue weighted by atomic mass is 16.2. The van der Waals surface area contributed by atoms with Gasteiger partial charge in [-0.2, -0.15) is 0 Å². The standard InChI is InChI=1S/C11H17N5O2/c1-3-13-10(17)7(2)15-11(18)9-6-8(16-12)4-5-14-9/h4-7H,3,12H2,1-2H3,(H,13,17)(H,14,16)(H,15,18). The molecule has 0 spiro atoms. The van der Waals surface area contributed by atoms with E-state index in [2.05, 4.69) is 21.0 Å². The van der Waals surface area contributed by atoms with Gasteiger partial charge in [0.15, 0.2) is 0 Å². The van der Waals surface area contributed by atoms with Crippen molar-refractivity contribution in [3.05, 3.63) is 24.0 Å². The van der Waals surface area contributed by atoms with Gasteiger partial charge in [-0.25, -0.2) is 0 Å². The lowest BCUT2D eigenvalue weighted by atomic mass is 10.2. The normalized spacial score (nSPS) is 11.5. The molecule has 1 rings (SSSR count). The Bertz CT molecular complexity index is 435. The molecule has 0 aliphatic rings. The van der Waals surface area contributed by atoms with Gasteiger partial charge in [0.05, 0.1) is 5.69 Å². The predicted molar refractivity (Wildman–Crippen MR) is 67.7 cm³/mol. The molecule has 5 N–H and O–H groups in total. The first-order valence-electron chi connectivity index (χ1n) is 5.59. The van der Waals surface area contributed by atoms with Gasteiger partial charge >= 0.3 is 0 Å². The van der Waals surface area contributed by atoms with Crippen LogP contribution in [-0.4, -0.2) is 29.4 Å². The number of rotatable bonds is 5. The zero-order valence-corrected chi connectivity index (χ0v) is 10.4. The summed E-state index contributed by atoms with van der Waals surface area (Å²) in [5, 5.41) is 5.17. The van der Waals surface area contributed by atoms with Crippen LogP contribution in [0, 0.1) is 0 Å². The first kappa shape index (κ1) is 13.9. The van der Waals surface area contributed by atoms with Gasteiger partial charge in [0.2, 0.25) is 5.91 Å². The van der Waals surface area contributed by atoms with Crippen molar-refractivity contribution in [1.29, 1.82) is 0 Å². The van der Waals surface area contributed by atoms with Crippen LogP contribution in [0.1, 0.15) is 24.3 Å². The smallest absolute Gasteiger partial charge is 0.270 e. The molecule has 0 bridgehead atoms. The number of nitrogens with two attached hydrogens (primary N) is 1. The van der Waals surface area contributed by atoms with Gasteiger partial charge < -0.3 is 16.1 Å². The summed E-state index contributed by atoms with van der Waals surface area (Å²) >= 11 is 0. The SMILES string of the molecule is CCNC(=O)C(C)NC(=O)c1cc(NN)ccn1. The fourth-order valence-electron chi connectivity index (χ4n) is 1.31. The van der Waals surface area contributed by atoms with Crippen LogP contribution in [0.3, 0.4) is 0 Å². The number of hydrazine groups is 1. The molecule has 1 atom stereocenters. The van der Waals surface area contributed by atoms with E-state index >= 15 is 0 Å². The average Bonchev–Trinajstić information content (AvgIpc) is 2.39. The van der Waals surface area contributed by atoms with Crippen LogP contribution >= 0.6 is 0 Å². The Morgan fingerprint density at radius 2 is 2.22 bits per heavy atom. The van der Waals surface area contributed by atoms with E-state index in [9.17, 15) is 9.59 Å².